The maximum Gasteiger partial charge on any atom is 0.214 e. The highest BCUT2D eigenvalue weighted by molar-refractivity contribution is 5.44. The summed E-state index contributed by atoms with van der Waals surface area (Å²) in [5, 5.41) is 3.51. The van der Waals surface area contributed by atoms with Crippen molar-refractivity contribution in [1.29, 1.82) is 0 Å². The van der Waals surface area contributed by atoms with Crippen molar-refractivity contribution in [2.24, 2.45) is 11.8 Å². The van der Waals surface area contributed by atoms with Crippen molar-refractivity contribution < 1.29 is 4.74 Å². The van der Waals surface area contributed by atoms with Gasteiger partial charge in [-0.15, -0.1) is 0 Å². The van der Waals surface area contributed by atoms with Gasteiger partial charge in [0.15, 0.2) is 0 Å². The molecule has 0 aliphatic carbocycles. The van der Waals surface area contributed by atoms with Crippen LogP contribution in [0.4, 0.5) is 5.82 Å². The number of hydrogen-bond donors (Lipinski definition) is 1. The third-order valence-corrected chi connectivity index (χ3v) is 4.35. The van der Waals surface area contributed by atoms with Crippen molar-refractivity contribution in [3.63, 3.8) is 0 Å². The van der Waals surface area contributed by atoms with Crippen LogP contribution in [0.1, 0.15) is 13.3 Å². The number of anilines is 1. The van der Waals surface area contributed by atoms with Crippen LogP contribution >= 0.6 is 0 Å². The molecule has 0 amide bonds. The van der Waals surface area contributed by atoms with Gasteiger partial charge < -0.3 is 15.0 Å². The number of nitrogens with one attached hydrogen (secondary N) is 1. The first-order chi connectivity index (χ1) is 8.83. The summed E-state index contributed by atoms with van der Waals surface area (Å²) in [4.78, 5) is 7.05. The fraction of sp³-hybridized carbons (Fsp3) is 0.643. The minimum atomic E-state index is 0.615. The second-order valence-corrected chi connectivity index (χ2v) is 5.25. The Kier molecular flexibility index (Phi) is 3.12. The van der Waals surface area contributed by atoms with E-state index in [1.807, 2.05) is 12.1 Å². The Balaban J connectivity index is 1.86. The van der Waals surface area contributed by atoms with Gasteiger partial charge >= 0.3 is 0 Å². The van der Waals surface area contributed by atoms with E-state index < -0.39 is 0 Å². The molecule has 2 saturated heterocycles. The van der Waals surface area contributed by atoms with Crippen LogP contribution in [-0.2, 0) is 0 Å². The van der Waals surface area contributed by atoms with E-state index in [4.69, 9.17) is 4.74 Å². The molecule has 1 aromatic rings. The molecule has 0 bridgehead atoms. The molecule has 2 fully saturated rings. The Labute approximate surface area is 108 Å². The van der Waals surface area contributed by atoms with Gasteiger partial charge in [-0.25, -0.2) is 0 Å². The molecular weight excluding hydrogens is 226 g/mol. The quantitative estimate of drug-likeness (QED) is 0.879. The second-order valence-electron chi connectivity index (χ2n) is 5.25. The highest BCUT2D eigenvalue weighted by atomic mass is 16.5. The molecule has 4 nitrogen and oxygen atoms in total. The average Bonchev–Trinajstić information content (AvgIpc) is 2.98. The summed E-state index contributed by atoms with van der Waals surface area (Å²) in [5.74, 6) is 3.33. The van der Waals surface area contributed by atoms with E-state index in [0.29, 0.717) is 11.9 Å². The van der Waals surface area contributed by atoms with E-state index in [0.717, 1.165) is 37.3 Å². The summed E-state index contributed by atoms with van der Waals surface area (Å²) in [5.41, 5.74) is 0. The molecule has 0 aromatic carbocycles. The Morgan fingerprint density at radius 1 is 1.44 bits per heavy atom. The fourth-order valence-corrected chi connectivity index (χ4v) is 3.49. The molecule has 3 rings (SSSR count). The zero-order valence-electron chi connectivity index (χ0n) is 11.1. The normalized spacial score (nSPS) is 30.6. The molecule has 2 aliphatic rings. The number of nitrogens with zero attached hydrogens (tertiary/aromatic N) is 2. The summed E-state index contributed by atoms with van der Waals surface area (Å²) < 4.78 is 5.23. The molecule has 0 spiro atoms. The standard InChI is InChI=1S/C14H21N3O/c1-3-12-11-8-15-7-10(11)9-17(12)13-5-4-6-14(16-13)18-2/h4-6,10-12,15H,3,7-9H2,1-2H3. The highest BCUT2D eigenvalue weighted by Crippen LogP contribution is 2.37. The van der Waals surface area contributed by atoms with Gasteiger partial charge in [-0.2, -0.15) is 4.98 Å². The van der Waals surface area contributed by atoms with E-state index in [-0.39, 0.29) is 0 Å². The minimum absolute atomic E-state index is 0.615. The summed E-state index contributed by atoms with van der Waals surface area (Å²) >= 11 is 0. The van der Waals surface area contributed by atoms with Gasteiger partial charge in [0.2, 0.25) is 5.88 Å². The van der Waals surface area contributed by atoms with Crippen LogP contribution in [0, 0.1) is 11.8 Å². The molecule has 98 valence electrons. The number of fused-ring (bicyclic) bond motifs is 1. The fourth-order valence-electron chi connectivity index (χ4n) is 3.49. The van der Waals surface area contributed by atoms with E-state index in [1.54, 1.807) is 7.11 Å². The smallest absolute Gasteiger partial charge is 0.214 e. The topological polar surface area (TPSA) is 37.4 Å². The number of pyridine rings is 1. The van der Waals surface area contributed by atoms with Crippen LogP contribution in [0.3, 0.4) is 0 Å². The number of rotatable bonds is 3. The molecule has 18 heavy (non-hydrogen) atoms. The van der Waals surface area contributed by atoms with Crippen LogP contribution in [-0.4, -0.2) is 37.8 Å². The summed E-state index contributed by atoms with van der Waals surface area (Å²) in [6.07, 6.45) is 1.18. The van der Waals surface area contributed by atoms with Crippen molar-refractivity contribution >= 4 is 5.82 Å². The third-order valence-electron chi connectivity index (χ3n) is 4.35. The molecule has 1 aromatic heterocycles. The maximum absolute atomic E-state index is 5.23. The van der Waals surface area contributed by atoms with E-state index in [9.17, 15) is 0 Å². The van der Waals surface area contributed by atoms with Crippen molar-refractivity contribution in [3.8, 4) is 5.88 Å². The van der Waals surface area contributed by atoms with Gasteiger partial charge in [0, 0.05) is 31.7 Å². The molecule has 3 atom stereocenters. The van der Waals surface area contributed by atoms with Gasteiger partial charge in [-0.1, -0.05) is 13.0 Å². The molecule has 2 aliphatic heterocycles. The highest BCUT2D eigenvalue weighted by Gasteiger charge is 2.43. The summed E-state index contributed by atoms with van der Waals surface area (Å²) in [7, 11) is 1.67. The van der Waals surface area contributed by atoms with Crippen molar-refractivity contribution in [3.05, 3.63) is 18.2 Å². The number of methoxy groups -OCH3 is 1. The van der Waals surface area contributed by atoms with Crippen LogP contribution in [0.25, 0.3) is 0 Å². The minimum Gasteiger partial charge on any atom is -0.481 e. The largest absolute Gasteiger partial charge is 0.481 e. The number of ether oxygens (including phenoxy) is 1. The Morgan fingerprint density at radius 3 is 3.11 bits per heavy atom. The average molecular weight is 247 g/mol. The third kappa shape index (κ3) is 1.85. The van der Waals surface area contributed by atoms with Crippen LogP contribution in [0.5, 0.6) is 5.88 Å². The van der Waals surface area contributed by atoms with Gasteiger partial charge in [0.05, 0.1) is 7.11 Å². The predicted octanol–water partition coefficient (Wildman–Crippen LogP) is 1.52. The Bertz CT molecular complexity index is 423. The first-order valence-corrected chi connectivity index (χ1v) is 6.82. The first kappa shape index (κ1) is 11.8. The second kappa shape index (κ2) is 4.76. The lowest BCUT2D eigenvalue weighted by Gasteiger charge is -2.28. The molecule has 0 radical (unpaired) electrons. The maximum atomic E-state index is 5.23. The number of aromatic nitrogens is 1. The van der Waals surface area contributed by atoms with E-state index in [1.165, 1.54) is 6.42 Å². The molecule has 3 unspecified atom stereocenters. The Morgan fingerprint density at radius 2 is 2.33 bits per heavy atom. The van der Waals surface area contributed by atoms with Crippen LogP contribution in [0.15, 0.2) is 18.2 Å². The Hall–Kier alpha value is -1.29. The molecule has 1 N–H and O–H groups in total. The zero-order chi connectivity index (χ0) is 12.5. The van der Waals surface area contributed by atoms with Crippen LogP contribution < -0.4 is 15.0 Å². The lowest BCUT2D eigenvalue weighted by Crippen LogP contribution is -2.35. The SMILES string of the molecule is CCC1C2CNCC2CN1c1cccc(OC)n1. The monoisotopic (exact) mass is 247 g/mol. The predicted molar refractivity (Wildman–Crippen MR) is 72.1 cm³/mol. The van der Waals surface area contributed by atoms with Gasteiger partial charge in [-0.3, -0.25) is 0 Å². The lowest BCUT2D eigenvalue weighted by atomic mass is 9.93. The molecule has 4 heteroatoms. The lowest BCUT2D eigenvalue weighted by molar-refractivity contribution is 0.397. The zero-order valence-corrected chi connectivity index (χ0v) is 11.1. The van der Waals surface area contributed by atoms with Crippen molar-refractivity contribution in [1.82, 2.24) is 10.3 Å². The van der Waals surface area contributed by atoms with Gasteiger partial charge in [0.1, 0.15) is 5.82 Å². The van der Waals surface area contributed by atoms with E-state index >= 15 is 0 Å². The van der Waals surface area contributed by atoms with Crippen molar-refractivity contribution in [2.75, 3.05) is 31.6 Å². The molecular formula is C14H21N3O. The van der Waals surface area contributed by atoms with Crippen molar-refractivity contribution in [2.45, 2.75) is 19.4 Å². The summed E-state index contributed by atoms with van der Waals surface area (Å²) in [6.45, 7) is 5.71. The van der Waals surface area contributed by atoms with Crippen LogP contribution in [0.2, 0.25) is 0 Å². The number of hydrogen-bond acceptors (Lipinski definition) is 4. The molecule has 3 heterocycles. The summed E-state index contributed by atoms with van der Waals surface area (Å²) in [6, 6.07) is 6.65. The van der Waals surface area contributed by atoms with Gasteiger partial charge in [0.25, 0.3) is 0 Å². The van der Waals surface area contributed by atoms with E-state index in [2.05, 4.69) is 28.2 Å². The first-order valence-electron chi connectivity index (χ1n) is 6.82. The van der Waals surface area contributed by atoms with Gasteiger partial charge in [-0.05, 0) is 24.3 Å². The molecule has 0 saturated carbocycles.